The first-order chi connectivity index (χ1) is 8.29. The first kappa shape index (κ1) is 11.8. The van der Waals surface area contributed by atoms with E-state index in [-0.39, 0.29) is 5.91 Å². The van der Waals surface area contributed by atoms with E-state index < -0.39 is 0 Å². The van der Waals surface area contributed by atoms with E-state index in [9.17, 15) is 4.79 Å². The molecule has 0 radical (unpaired) electrons. The van der Waals surface area contributed by atoms with E-state index in [0.29, 0.717) is 24.0 Å². The Kier molecular flexibility index (Phi) is 3.87. The molecule has 0 spiro atoms. The van der Waals surface area contributed by atoms with Gasteiger partial charge in [0.15, 0.2) is 5.69 Å². The average molecular weight is 236 g/mol. The molecule has 17 heavy (non-hydrogen) atoms. The van der Waals surface area contributed by atoms with Gasteiger partial charge >= 0.3 is 0 Å². The van der Waals surface area contributed by atoms with E-state index in [1.807, 2.05) is 0 Å². The van der Waals surface area contributed by atoms with Crippen LogP contribution >= 0.6 is 0 Å². The van der Waals surface area contributed by atoms with Crippen LogP contribution in [0.2, 0.25) is 0 Å². The number of rotatable bonds is 4. The van der Waals surface area contributed by atoms with Gasteiger partial charge in [-0.1, -0.05) is 0 Å². The van der Waals surface area contributed by atoms with E-state index in [2.05, 4.69) is 20.8 Å². The Balaban J connectivity index is 1.85. The Labute approximate surface area is 99.8 Å². The Morgan fingerprint density at radius 2 is 2.41 bits per heavy atom. The number of ether oxygens (including phenoxy) is 1. The lowest BCUT2D eigenvalue weighted by molar-refractivity contribution is 0.0939. The summed E-state index contributed by atoms with van der Waals surface area (Å²) in [6.07, 6.45) is 1.00. The van der Waals surface area contributed by atoms with Crippen molar-refractivity contribution in [1.82, 2.24) is 15.5 Å². The van der Waals surface area contributed by atoms with Gasteiger partial charge in [0, 0.05) is 26.1 Å². The Morgan fingerprint density at radius 3 is 3.00 bits per heavy atom. The van der Waals surface area contributed by atoms with Crippen molar-refractivity contribution >= 4 is 11.7 Å². The molecule has 1 atom stereocenters. The van der Waals surface area contributed by atoms with Gasteiger partial charge in [-0.3, -0.25) is 4.79 Å². The van der Waals surface area contributed by atoms with Crippen molar-refractivity contribution in [1.29, 1.82) is 0 Å². The number of carbonyl (C=O) groups excluding carboxylic acids is 1. The molecule has 2 rings (SSSR count). The smallest absolute Gasteiger partial charge is 0.271 e. The molecule has 1 aromatic heterocycles. The number of amides is 1. The standard InChI is InChI=1S/C11H16N4O2/c1-12-10-3-2-9(14-15-10)11(16)13-6-8-4-5-17-7-8/h2-3,8H,4-7H2,1H3,(H,12,15)(H,13,16). The van der Waals surface area contributed by atoms with Gasteiger partial charge in [0.1, 0.15) is 5.82 Å². The summed E-state index contributed by atoms with van der Waals surface area (Å²) in [6.45, 7) is 2.15. The van der Waals surface area contributed by atoms with E-state index in [1.54, 1.807) is 19.2 Å². The van der Waals surface area contributed by atoms with Gasteiger partial charge in [0.25, 0.3) is 5.91 Å². The molecule has 2 N–H and O–H groups in total. The third-order valence-electron chi connectivity index (χ3n) is 2.73. The molecule has 0 aromatic carbocycles. The number of hydrogen-bond acceptors (Lipinski definition) is 5. The summed E-state index contributed by atoms with van der Waals surface area (Å²) in [5.74, 6) is 0.876. The summed E-state index contributed by atoms with van der Waals surface area (Å²) in [5, 5.41) is 13.4. The fraction of sp³-hybridized carbons (Fsp3) is 0.545. The predicted molar refractivity (Wildman–Crippen MR) is 62.8 cm³/mol. The topological polar surface area (TPSA) is 76.1 Å². The van der Waals surface area contributed by atoms with Crippen molar-refractivity contribution < 1.29 is 9.53 Å². The van der Waals surface area contributed by atoms with Crippen LogP contribution < -0.4 is 10.6 Å². The van der Waals surface area contributed by atoms with Gasteiger partial charge in [0.2, 0.25) is 0 Å². The van der Waals surface area contributed by atoms with Crippen molar-refractivity contribution in [3.8, 4) is 0 Å². The molecule has 6 nitrogen and oxygen atoms in total. The number of anilines is 1. The van der Waals surface area contributed by atoms with Gasteiger partial charge in [-0.05, 0) is 18.6 Å². The monoisotopic (exact) mass is 236 g/mol. The molecular formula is C11H16N4O2. The van der Waals surface area contributed by atoms with Crippen molar-refractivity contribution in [2.24, 2.45) is 5.92 Å². The SMILES string of the molecule is CNc1ccc(C(=O)NCC2CCOC2)nn1. The highest BCUT2D eigenvalue weighted by Gasteiger charge is 2.17. The van der Waals surface area contributed by atoms with Crippen LogP contribution in [0, 0.1) is 5.92 Å². The molecular weight excluding hydrogens is 220 g/mol. The number of carbonyl (C=O) groups is 1. The minimum atomic E-state index is -0.188. The molecule has 1 saturated heterocycles. The first-order valence-corrected chi connectivity index (χ1v) is 5.67. The van der Waals surface area contributed by atoms with E-state index in [0.717, 1.165) is 19.6 Å². The van der Waals surface area contributed by atoms with Crippen molar-refractivity contribution in [2.75, 3.05) is 32.1 Å². The second kappa shape index (κ2) is 5.58. The second-order valence-electron chi connectivity index (χ2n) is 3.99. The van der Waals surface area contributed by atoms with Gasteiger partial charge < -0.3 is 15.4 Å². The molecule has 1 aromatic rings. The van der Waals surface area contributed by atoms with Gasteiger partial charge in [-0.2, -0.15) is 0 Å². The Bertz CT molecular complexity index is 374. The van der Waals surface area contributed by atoms with E-state index in [4.69, 9.17) is 4.74 Å². The molecule has 92 valence electrons. The van der Waals surface area contributed by atoms with E-state index >= 15 is 0 Å². The summed E-state index contributed by atoms with van der Waals surface area (Å²) >= 11 is 0. The zero-order valence-corrected chi connectivity index (χ0v) is 9.77. The maximum Gasteiger partial charge on any atom is 0.271 e. The summed E-state index contributed by atoms with van der Waals surface area (Å²) in [5.41, 5.74) is 0.336. The lowest BCUT2D eigenvalue weighted by Gasteiger charge is -2.08. The van der Waals surface area contributed by atoms with Crippen molar-refractivity contribution in [3.63, 3.8) is 0 Å². The minimum Gasteiger partial charge on any atom is -0.381 e. The highest BCUT2D eigenvalue weighted by molar-refractivity contribution is 5.92. The summed E-state index contributed by atoms with van der Waals surface area (Å²) in [7, 11) is 1.75. The van der Waals surface area contributed by atoms with Crippen LogP contribution in [0.4, 0.5) is 5.82 Å². The Morgan fingerprint density at radius 1 is 1.53 bits per heavy atom. The van der Waals surface area contributed by atoms with Crippen LogP contribution in [-0.2, 0) is 4.74 Å². The molecule has 1 aliphatic heterocycles. The lowest BCUT2D eigenvalue weighted by atomic mass is 10.1. The summed E-state index contributed by atoms with van der Waals surface area (Å²) in [6, 6.07) is 3.37. The number of aromatic nitrogens is 2. The summed E-state index contributed by atoms with van der Waals surface area (Å²) in [4.78, 5) is 11.7. The van der Waals surface area contributed by atoms with Gasteiger partial charge in [-0.15, -0.1) is 10.2 Å². The van der Waals surface area contributed by atoms with Crippen LogP contribution in [0.15, 0.2) is 12.1 Å². The van der Waals surface area contributed by atoms with Gasteiger partial charge in [-0.25, -0.2) is 0 Å². The van der Waals surface area contributed by atoms with Crippen LogP contribution in [0.5, 0.6) is 0 Å². The fourth-order valence-electron chi connectivity index (χ4n) is 1.66. The summed E-state index contributed by atoms with van der Waals surface area (Å²) < 4.78 is 5.24. The highest BCUT2D eigenvalue weighted by atomic mass is 16.5. The van der Waals surface area contributed by atoms with Crippen molar-refractivity contribution in [3.05, 3.63) is 17.8 Å². The normalized spacial score (nSPS) is 19.0. The van der Waals surface area contributed by atoms with Gasteiger partial charge in [0.05, 0.1) is 6.61 Å². The van der Waals surface area contributed by atoms with E-state index in [1.165, 1.54) is 0 Å². The fourth-order valence-corrected chi connectivity index (χ4v) is 1.66. The molecule has 1 unspecified atom stereocenters. The average Bonchev–Trinajstić information content (AvgIpc) is 2.89. The number of nitrogens with zero attached hydrogens (tertiary/aromatic N) is 2. The maximum absolute atomic E-state index is 11.7. The first-order valence-electron chi connectivity index (χ1n) is 5.67. The largest absolute Gasteiger partial charge is 0.381 e. The minimum absolute atomic E-state index is 0.188. The third-order valence-corrected chi connectivity index (χ3v) is 2.73. The zero-order chi connectivity index (χ0) is 12.1. The number of hydrogen-bond donors (Lipinski definition) is 2. The predicted octanol–water partition coefficient (Wildman–Crippen LogP) is 0.285. The maximum atomic E-state index is 11.7. The zero-order valence-electron chi connectivity index (χ0n) is 9.77. The lowest BCUT2D eigenvalue weighted by Crippen LogP contribution is -2.30. The molecule has 0 aliphatic carbocycles. The number of nitrogens with one attached hydrogen (secondary N) is 2. The molecule has 6 heteroatoms. The van der Waals surface area contributed by atoms with Crippen LogP contribution in [0.1, 0.15) is 16.9 Å². The second-order valence-corrected chi connectivity index (χ2v) is 3.99. The van der Waals surface area contributed by atoms with Crippen LogP contribution in [0.25, 0.3) is 0 Å². The third kappa shape index (κ3) is 3.13. The molecule has 1 aliphatic rings. The molecule has 0 saturated carbocycles. The van der Waals surface area contributed by atoms with Crippen molar-refractivity contribution in [2.45, 2.75) is 6.42 Å². The van der Waals surface area contributed by atoms with Crippen LogP contribution in [0.3, 0.4) is 0 Å². The molecule has 1 amide bonds. The highest BCUT2D eigenvalue weighted by Crippen LogP contribution is 2.10. The Hall–Kier alpha value is -1.69. The quantitative estimate of drug-likeness (QED) is 0.785. The van der Waals surface area contributed by atoms with Crippen LogP contribution in [-0.4, -0.2) is 42.9 Å². The molecule has 0 bridgehead atoms. The molecule has 2 heterocycles. The molecule has 1 fully saturated rings.